The Labute approximate surface area is 515 Å². The van der Waals surface area contributed by atoms with Gasteiger partial charge in [0.05, 0.1) is 35.6 Å². The first-order valence-corrected chi connectivity index (χ1v) is 30.4. The van der Waals surface area contributed by atoms with E-state index in [0.29, 0.717) is 57.7 Å². The van der Waals surface area contributed by atoms with Crippen LogP contribution >= 0.6 is 0 Å². The van der Waals surface area contributed by atoms with E-state index in [1.165, 1.54) is 52.2 Å². The lowest BCUT2D eigenvalue weighted by atomic mass is 10.1. The number of likely N-dealkylation sites (N-methyl/N-ethyl adjacent to an activating group) is 3. The Balaban J connectivity index is 0.000000710. The molecule has 3 aromatic carbocycles. The fourth-order valence-corrected chi connectivity index (χ4v) is 9.89. The number of hydrogen-bond donors (Lipinski definition) is 6. The number of allylic oxidation sites excluding steroid dienone is 1. The van der Waals surface area contributed by atoms with Gasteiger partial charge in [-0.15, -0.1) is 5.06 Å². The molecule has 28 heteroatoms. The standard InChI is InChI=1S/C48H65N11O8S.C9H13N3O5.C3H8/c1-34-31-50-45(53-43(34)52-37-12-10-13-40(30-37)68(64,65)54-48(2,3)4)59(38-19-21-39(22-20-38)66-29-28-58-24-8-9-25-58)46(62)56(6)26-27-57(7)47(63)67-33-35-15-17-36(18-16-35)51-42(60)32-49-44(61)41-14-11-23-55(41)5;1-2-3-9(16)12(6-14)17-11-7(5-13)4-8(10)15;1-3-2/h10,12-13,15-22,30-31,41,54H,8-9,11,14,23-29,32-33H2,1-7H3,(H,49,61)(H,51,60)(H,50,52,53);2-3,5-7,11H,4H2,1H3,(H2,10,15);3H2,1-2H3/b;3-2-;. The number of nitrogens with two attached hydrogens (primary N) is 1. The smallest absolute Gasteiger partial charge is 0.409 e. The number of amides is 8. The van der Waals surface area contributed by atoms with Crippen molar-refractivity contribution in [2.45, 2.75) is 116 Å². The Kier molecular flexibility index (Phi) is 29.5. The molecule has 2 saturated heterocycles. The number of hydrogen-bond acceptors (Lipinski definition) is 19. The molecule has 2 atom stereocenters. The van der Waals surface area contributed by atoms with Crippen molar-refractivity contribution in [1.82, 2.24) is 50.1 Å². The first kappa shape index (κ1) is 72.1. The summed E-state index contributed by atoms with van der Waals surface area (Å²) in [6, 6.07) is 18.5. The number of sulfonamides is 1. The maximum Gasteiger partial charge on any atom is 0.409 e. The van der Waals surface area contributed by atoms with Gasteiger partial charge in [0.15, 0.2) is 0 Å². The molecule has 2 aliphatic rings. The molecule has 0 radical (unpaired) electrons. The number of hydroxylamine groups is 3. The molecule has 0 saturated carbocycles. The predicted octanol–water partition coefficient (Wildman–Crippen LogP) is 5.53. The van der Waals surface area contributed by atoms with Crippen LogP contribution in [-0.4, -0.2) is 183 Å². The number of likely N-dealkylation sites (tertiary alicyclic amines) is 2. The second-order valence-corrected chi connectivity index (χ2v) is 23.5. The van der Waals surface area contributed by atoms with Gasteiger partial charge in [-0.05, 0) is 147 Å². The molecule has 3 heterocycles. The van der Waals surface area contributed by atoms with Crippen molar-refractivity contribution in [3.05, 3.63) is 102 Å². The molecular formula is C60H86N14O13S. The Hall–Kier alpha value is -8.41. The highest BCUT2D eigenvalue weighted by molar-refractivity contribution is 7.89. The zero-order valence-electron chi connectivity index (χ0n) is 51.9. The number of anilines is 5. The van der Waals surface area contributed by atoms with Crippen LogP contribution in [0.15, 0.2) is 96.0 Å². The highest BCUT2D eigenvalue weighted by Gasteiger charge is 2.29. The number of primary amides is 1. The summed E-state index contributed by atoms with van der Waals surface area (Å²) in [5.74, 6) is -0.935. The van der Waals surface area contributed by atoms with Gasteiger partial charge < -0.3 is 45.8 Å². The van der Waals surface area contributed by atoms with Gasteiger partial charge >= 0.3 is 12.1 Å². The van der Waals surface area contributed by atoms with Crippen LogP contribution in [0.25, 0.3) is 0 Å². The number of imide groups is 1. The third kappa shape index (κ3) is 24.4. The Morgan fingerprint density at radius 2 is 1.57 bits per heavy atom. The summed E-state index contributed by atoms with van der Waals surface area (Å²) in [5, 5.41) is 9.01. The van der Waals surface area contributed by atoms with Crippen molar-refractivity contribution in [2.24, 2.45) is 5.73 Å². The quantitative estimate of drug-likeness (QED) is 0.0243. The normalized spacial score (nSPS) is 14.4. The maximum absolute atomic E-state index is 14.5. The zero-order chi connectivity index (χ0) is 65.0. The minimum absolute atomic E-state index is 0.0298. The van der Waals surface area contributed by atoms with Gasteiger partial charge in [-0.1, -0.05) is 44.5 Å². The van der Waals surface area contributed by atoms with Crippen LogP contribution in [0.4, 0.5) is 38.4 Å². The summed E-state index contributed by atoms with van der Waals surface area (Å²) in [5.41, 5.74) is 9.02. The van der Waals surface area contributed by atoms with Crippen molar-refractivity contribution in [1.29, 1.82) is 0 Å². The second kappa shape index (κ2) is 36.0. The summed E-state index contributed by atoms with van der Waals surface area (Å²) >= 11 is 0. The van der Waals surface area contributed by atoms with Gasteiger partial charge in [0.2, 0.25) is 40.1 Å². The van der Waals surface area contributed by atoms with E-state index in [2.05, 4.69) is 54.8 Å². The Bertz CT molecular complexity index is 3090. The van der Waals surface area contributed by atoms with Crippen LogP contribution in [0.5, 0.6) is 5.75 Å². The van der Waals surface area contributed by atoms with Gasteiger partial charge in [-0.3, -0.25) is 33.8 Å². The Morgan fingerprint density at radius 3 is 2.17 bits per heavy atom. The predicted molar refractivity (Wildman–Crippen MR) is 332 cm³/mol. The molecule has 8 amide bonds. The third-order valence-electron chi connectivity index (χ3n) is 12.9. The number of carbonyl (C=O) groups is 8. The number of carbonyl (C=O) groups excluding carboxylic acids is 8. The lowest BCUT2D eigenvalue weighted by molar-refractivity contribution is -0.207. The van der Waals surface area contributed by atoms with Gasteiger partial charge in [-0.25, -0.2) is 32.6 Å². The third-order valence-corrected chi connectivity index (χ3v) is 14.7. The monoisotopic (exact) mass is 1240 g/mol. The van der Waals surface area contributed by atoms with E-state index in [1.807, 2.05) is 11.9 Å². The van der Waals surface area contributed by atoms with E-state index in [9.17, 15) is 46.8 Å². The molecular weight excluding hydrogens is 1160 g/mol. The summed E-state index contributed by atoms with van der Waals surface area (Å²) in [7, 11) is 1.25. The molecule has 4 aromatic rings. The highest BCUT2D eigenvalue weighted by atomic mass is 32.2. The van der Waals surface area contributed by atoms with E-state index < -0.39 is 45.5 Å². The number of benzene rings is 3. The molecule has 88 heavy (non-hydrogen) atoms. The number of ether oxygens (including phenoxy) is 2. The number of nitrogens with one attached hydrogen (secondary N) is 5. The molecule has 6 rings (SSSR count). The van der Waals surface area contributed by atoms with Gasteiger partial charge in [0, 0.05) is 68.5 Å². The van der Waals surface area contributed by atoms with Crippen LogP contribution in [-0.2, 0) is 55.1 Å². The summed E-state index contributed by atoms with van der Waals surface area (Å²) in [4.78, 5) is 118. The van der Waals surface area contributed by atoms with Crippen molar-refractivity contribution in [2.75, 3.05) is 89.1 Å². The molecule has 480 valence electrons. The first-order valence-electron chi connectivity index (χ1n) is 28.9. The van der Waals surface area contributed by atoms with Crippen LogP contribution < -0.4 is 41.5 Å². The van der Waals surface area contributed by atoms with E-state index in [0.717, 1.165) is 45.1 Å². The number of aromatic nitrogens is 2. The number of nitrogens with zero attached hydrogens (tertiary/aromatic N) is 8. The van der Waals surface area contributed by atoms with Crippen LogP contribution in [0.1, 0.15) is 91.2 Å². The van der Waals surface area contributed by atoms with Crippen LogP contribution in [0.2, 0.25) is 0 Å². The lowest BCUT2D eigenvalue weighted by Crippen LogP contribution is -2.44. The second-order valence-electron chi connectivity index (χ2n) is 21.8. The van der Waals surface area contributed by atoms with Gasteiger partial charge in [0.25, 0.3) is 5.91 Å². The topological polar surface area (TPSA) is 330 Å². The minimum atomic E-state index is -3.83. The van der Waals surface area contributed by atoms with E-state index in [4.69, 9.17) is 20.2 Å². The summed E-state index contributed by atoms with van der Waals surface area (Å²) in [6.45, 7) is 17.3. The summed E-state index contributed by atoms with van der Waals surface area (Å²) in [6.07, 6.45) is 8.99. The number of urea groups is 1. The SMILES string of the molecule is C/C=C\C(=O)N(C=O)ONC(C=O)CC(N)=O.CCC.Cc1cnc(N(C(=O)N(C)CCN(C)C(=O)OCc2ccc(NC(=O)CNC(=O)C3CCCN3C)cc2)c2ccc(OCCN3CCCC3)cc2)nc1Nc1cccc(S(=O)(=O)NC(C)(C)C)c1. The minimum Gasteiger partial charge on any atom is -0.492 e. The Morgan fingerprint density at radius 1 is 0.898 bits per heavy atom. The maximum atomic E-state index is 14.5. The van der Waals surface area contributed by atoms with Crippen LogP contribution in [0.3, 0.4) is 0 Å². The largest absolute Gasteiger partial charge is 0.492 e. The molecule has 2 fully saturated rings. The molecule has 7 N–H and O–H groups in total. The molecule has 1 aromatic heterocycles. The molecule has 2 aliphatic heterocycles. The fraction of sp³-hybridized carbons (Fsp3) is 0.467. The molecule has 2 unspecified atom stereocenters. The summed E-state index contributed by atoms with van der Waals surface area (Å²) < 4.78 is 40.6. The van der Waals surface area contributed by atoms with Gasteiger partial charge in [-0.2, -0.15) is 15.4 Å². The number of aryl methyl sites for hydroxylation is 1. The highest BCUT2D eigenvalue weighted by Crippen LogP contribution is 2.30. The fourth-order valence-electron chi connectivity index (χ4n) is 8.43. The molecule has 0 bridgehead atoms. The zero-order valence-corrected chi connectivity index (χ0v) is 52.8. The van der Waals surface area contributed by atoms with Crippen molar-refractivity contribution >= 4 is 87.3 Å². The number of aldehydes is 1. The molecule has 0 spiro atoms. The van der Waals surface area contributed by atoms with E-state index in [1.54, 1.807) is 116 Å². The van der Waals surface area contributed by atoms with E-state index >= 15 is 0 Å². The van der Waals surface area contributed by atoms with Crippen molar-refractivity contribution < 1.29 is 61.2 Å². The van der Waals surface area contributed by atoms with Crippen LogP contribution in [0, 0.1) is 6.92 Å². The van der Waals surface area contributed by atoms with Crippen molar-refractivity contribution in [3.8, 4) is 5.75 Å². The van der Waals surface area contributed by atoms with E-state index in [-0.39, 0.29) is 67.8 Å². The van der Waals surface area contributed by atoms with Crippen molar-refractivity contribution in [3.63, 3.8) is 0 Å². The molecule has 0 aliphatic carbocycles. The molecule has 27 nitrogen and oxygen atoms in total. The average molecular weight is 1240 g/mol. The average Bonchev–Trinajstić information content (AvgIpc) is 1.39. The first-order chi connectivity index (χ1) is 41.8. The number of rotatable bonds is 27. The lowest BCUT2D eigenvalue weighted by Gasteiger charge is -2.28. The van der Waals surface area contributed by atoms with Gasteiger partial charge in [0.1, 0.15) is 31.1 Å².